The highest BCUT2D eigenvalue weighted by atomic mass is 79.9. The van der Waals surface area contributed by atoms with E-state index in [0.29, 0.717) is 6.04 Å². The molecule has 1 atom stereocenters. The summed E-state index contributed by atoms with van der Waals surface area (Å²) in [5, 5.41) is 7.13. The second-order valence-electron chi connectivity index (χ2n) is 4.87. The van der Waals surface area contributed by atoms with Gasteiger partial charge in [-0.2, -0.15) is 0 Å². The third-order valence-corrected chi connectivity index (χ3v) is 4.01. The summed E-state index contributed by atoms with van der Waals surface area (Å²) < 4.78 is 1.11. The summed E-state index contributed by atoms with van der Waals surface area (Å²) in [7, 11) is 0. The Hall–Kier alpha value is -1.32. The van der Waals surface area contributed by atoms with E-state index in [2.05, 4.69) is 69.0 Å². The molecule has 2 nitrogen and oxygen atoms in total. The number of rotatable bonds is 2. The molecule has 0 aliphatic carbocycles. The topological polar surface area (TPSA) is 24.1 Å². The third-order valence-electron chi connectivity index (χ3n) is 3.52. The SMILES string of the molecule is Brc1cccc(NC2CCNCc3ccccc32)c1. The number of nitrogens with one attached hydrogen (secondary N) is 2. The van der Waals surface area contributed by atoms with Crippen molar-refractivity contribution in [1.82, 2.24) is 5.32 Å². The van der Waals surface area contributed by atoms with Crippen LogP contribution in [0.3, 0.4) is 0 Å². The van der Waals surface area contributed by atoms with Gasteiger partial charge in [0.15, 0.2) is 0 Å². The first-order chi connectivity index (χ1) is 9.33. The summed E-state index contributed by atoms with van der Waals surface area (Å²) >= 11 is 3.52. The van der Waals surface area contributed by atoms with Crippen LogP contribution in [-0.4, -0.2) is 6.54 Å². The zero-order chi connectivity index (χ0) is 13.1. The molecule has 2 aromatic carbocycles. The summed E-state index contributed by atoms with van der Waals surface area (Å²) in [6.07, 6.45) is 1.10. The Morgan fingerprint density at radius 3 is 2.89 bits per heavy atom. The van der Waals surface area contributed by atoms with Gasteiger partial charge in [0.1, 0.15) is 0 Å². The molecule has 0 saturated heterocycles. The van der Waals surface area contributed by atoms with Crippen molar-refractivity contribution in [3.05, 3.63) is 64.1 Å². The van der Waals surface area contributed by atoms with E-state index in [-0.39, 0.29) is 0 Å². The maximum Gasteiger partial charge on any atom is 0.0529 e. The van der Waals surface area contributed by atoms with Crippen molar-refractivity contribution in [2.45, 2.75) is 19.0 Å². The molecule has 2 N–H and O–H groups in total. The molecule has 0 bridgehead atoms. The predicted molar refractivity (Wildman–Crippen MR) is 83.3 cm³/mol. The standard InChI is InChI=1S/C16H17BrN2/c17-13-5-3-6-14(10-13)19-16-8-9-18-11-12-4-1-2-7-15(12)16/h1-7,10,16,18-19H,8-9,11H2. The molecule has 0 fully saturated rings. The van der Waals surface area contributed by atoms with Crippen LogP contribution in [0.25, 0.3) is 0 Å². The quantitative estimate of drug-likeness (QED) is 0.871. The summed E-state index contributed by atoms with van der Waals surface area (Å²) in [6, 6.07) is 17.4. The van der Waals surface area contributed by atoms with Gasteiger partial charge < -0.3 is 10.6 Å². The van der Waals surface area contributed by atoms with Crippen molar-refractivity contribution < 1.29 is 0 Å². The Morgan fingerprint density at radius 1 is 1.11 bits per heavy atom. The Morgan fingerprint density at radius 2 is 2.00 bits per heavy atom. The Bertz CT molecular complexity index is 568. The van der Waals surface area contributed by atoms with Crippen LogP contribution >= 0.6 is 15.9 Å². The van der Waals surface area contributed by atoms with Gasteiger partial charge in [0, 0.05) is 16.7 Å². The lowest BCUT2D eigenvalue weighted by Gasteiger charge is -2.20. The van der Waals surface area contributed by atoms with Crippen LogP contribution in [0.4, 0.5) is 5.69 Å². The highest BCUT2D eigenvalue weighted by Crippen LogP contribution is 2.28. The first-order valence-corrected chi connectivity index (χ1v) is 7.43. The first kappa shape index (κ1) is 12.7. The average molecular weight is 317 g/mol. The fourth-order valence-corrected chi connectivity index (χ4v) is 2.99. The van der Waals surface area contributed by atoms with Crippen molar-refractivity contribution in [2.24, 2.45) is 0 Å². The van der Waals surface area contributed by atoms with Gasteiger partial charge in [-0.3, -0.25) is 0 Å². The number of fused-ring (bicyclic) bond motifs is 1. The van der Waals surface area contributed by atoms with Gasteiger partial charge in [-0.25, -0.2) is 0 Å². The maximum absolute atomic E-state index is 3.65. The van der Waals surface area contributed by atoms with Crippen LogP contribution in [0.2, 0.25) is 0 Å². The minimum Gasteiger partial charge on any atom is -0.378 e. The molecule has 0 amide bonds. The molecule has 1 aliphatic heterocycles. The lowest BCUT2D eigenvalue weighted by atomic mass is 9.99. The van der Waals surface area contributed by atoms with Crippen LogP contribution in [0.15, 0.2) is 53.0 Å². The van der Waals surface area contributed by atoms with Gasteiger partial charge in [0.25, 0.3) is 0 Å². The normalized spacial score (nSPS) is 18.5. The van der Waals surface area contributed by atoms with Crippen molar-refractivity contribution in [3.8, 4) is 0 Å². The average Bonchev–Trinajstić information content (AvgIpc) is 2.62. The van der Waals surface area contributed by atoms with E-state index in [1.54, 1.807) is 0 Å². The summed E-state index contributed by atoms with van der Waals surface area (Å²) in [4.78, 5) is 0. The molecular formula is C16H17BrN2. The molecule has 0 aromatic heterocycles. The summed E-state index contributed by atoms with van der Waals surface area (Å²) in [5.41, 5.74) is 3.97. The molecular weight excluding hydrogens is 300 g/mol. The Labute approximate surface area is 122 Å². The van der Waals surface area contributed by atoms with Gasteiger partial charge in [0.2, 0.25) is 0 Å². The van der Waals surface area contributed by atoms with E-state index in [1.165, 1.54) is 11.1 Å². The van der Waals surface area contributed by atoms with Gasteiger partial charge >= 0.3 is 0 Å². The minimum atomic E-state index is 0.375. The van der Waals surface area contributed by atoms with Crippen LogP contribution in [0.5, 0.6) is 0 Å². The number of anilines is 1. The largest absolute Gasteiger partial charge is 0.378 e. The zero-order valence-corrected chi connectivity index (χ0v) is 12.3. The van der Waals surface area contributed by atoms with E-state index >= 15 is 0 Å². The molecule has 98 valence electrons. The van der Waals surface area contributed by atoms with Crippen LogP contribution in [0, 0.1) is 0 Å². The zero-order valence-electron chi connectivity index (χ0n) is 10.7. The van der Waals surface area contributed by atoms with E-state index < -0.39 is 0 Å². The molecule has 2 aromatic rings. The molecule has 3 heteroatoms. The molecule has 0 saturated carbocycles. The molecule has 0 spiro atoms. The third kappa shape index (κ3) is 2.99. The van der Waals surface area contributed by atoms with E-state index in [0.717, 1.165) is 29.7 Å². The van der Waals surface area contributed by atoms with Gasteiger partial charge in [-0.05, 0) is 42.3 Å². The molecule has 19 heavy (non-hydrogen) atoms. The summed E-state index contributed by atoms with van der Waals surface area (Å²) in [5.74, 6) is 0. The van der Waals surface area contributed by atoms with Crippen LogP contribution in [-0.2, 0) is 6.54 Å². The molecule has 3 rings (SSSR count). The van der Waals surface area contributed by atoms with Crippen LogP contribution < -0.4 is 10.6 Å². The molecule has 1 unspecified atom stereocenters. The highest BCUT2D eigenvalue weighted by Gasteiger charge is 2.17. The van der Waals surface area contributed by atoms with Crippen molar-refractivity contribution in [1.29, 1.82) is 0 Å². The van der Waals surface area contributed by atoms with Crippen molar-refractivity contribution in [2.75, 3.05) is 11.9 Å². The second-order valence-corrected chi connectivity index (χ2v) is 5.79. The lowest BCUT2D eigenvalue weighted by Crippen LogP contribution is -2.15. The summed E-state index contributed by atoms with van der Waals surface area (Å²) in [6.45, 7) is 2.01. The number of hydrogen-bond donors (Lipinski definition) is 2. The van der Waals surface area contributed by atoms with Crippen molar-refractivity contribution in [3.63, 3.8) is 0 Å². The fourth-order valence-electron chi connectivity index (χ4n) is 2.59. The van der Waals surface area contributed by atoms with Gasteiger partial charge in [0.05, 0.1) is 6.04 Å². The smallest absolute Gasteiger partial charge is 0.0529 e. The lowest BCUT2D eigenvalue weighted by molar-refractivity contribution is 0.637. The molecule has 1 aliphatic rings. The monoisotopic (exact) mass is 316 g/mol. The van der Waals surface area contributed by atoms with E-state index in [9.17, 15) is 0 Å². The first-order valence-electron chi connectivity index (χ1n) is 6.63. The van der Waals surface area contributed by atoms with E-state index in [4.69, 9.17) is 0 Å². The predicted octanol–water partition coefficient (Wildman–Crippen LogP) is 4.10. The van der Waals surface area contributed by atoms with Gasteiger partial charge in [-0.15, -0.1) is 0 Å². The minimum absolute atomic E-state index is 0.375. The molecule has 1 heterocycles. The number of benzene rings is 2. The fraction of sp³-hybridized carbons (Fsp3) is 0.250. The number of hydrogen-bond acceptors (Lipinski definition) is 2. The van der Waals surface area contributed by atoms with E-state index in [1.807, 2.05) is 6.07 Å². The Balaban J connectivity index is 1.88. The molecule has 0 radical (unpaired) electrons. The maximum atomic E-state index is 3.65. The number of halogens is 1. The second kappa shape index (κ2) is 5.76. The highest BCUT2D eigenvalue weighted by molar-refractivity contribution is 9.10. The van der Waals surface area contributed by atoms with Crippen LogP contribution in [0.1, 0.15) is 23.6 Å². The Kier molecular flexibility index (Phi) is 3.85. The van der Waals surface area contributed by atoms with Crippen molar-refractivity contribution >= 4 is 21.6 Å². The van der Waals surface area contributed by atoms with Gasteiger partial charge in [-0.1, -0.05) is 46.3 Å².